The maximum Gasteiger partial charge on any atom is 0.387 e. The first-order valence-corrected chi connectivity index (χ1v) is 13.3. The van der Waals surface area contributed by atoms with Crippen LogP contribution in [0, 0.1) is 11.3 Å². The van der Waals surface area contributed by atoms with Crippen LogP contribution in [0.2, 0.25) is 0 Å². The number of nitrogens with zero attached hydrogens (tertiary/aromatic N) is 5. The molecule has 0 aromatic carbocycles. The van der Waals surface area contributed by atoms with E-state index in [1.165, 1.54) is 21.1 Å². The lowest BCUT2D eigenvalue weighted by atomic mass is 10.00. The van der Waals surface area contributed by atoms with Crippen molar-refractivity contribution < 1.29 is 27.0 Å². The second kappa shape index (κ2) is 10.2. The van der Waals surface area contributed by atoms with Crippen molar-refractivity contribution in [3.63, 3.8) is 0 Å². The second-order valence-electron chi connectivity index (χ2n) is 9.34. The SMILES string of the molecule is C[C@@]1(O)CCC[C@H]1n1c(=O)c(OC(F)F)cc2cnc(NC3CCN(S(=O)(=O)CCC#N)CC3)nc21. The van der Waals surface area contributed by atoms with Crippen LogP contribution in [0.25, 0.3) is 11.0 Å². The van der Waals surface area contributed by atoms with Crippen LogP contribution in [0.4, 0.5) is 14.7 Å². The molecular weight excluding hydrogens is 498 g/mol. The predicted molar refractivity (Wildman–Crippen MR) is 126 cm³/mol. The second-order valence-corrected chi connectivity index (χ2v) is 11.4. The molecule has 1 aliphatic heterocycles. The average molecular weight is 527 g/mol. The summed E-state index contributed by atoms with van der Waals surface area (Å²) in [6.07, 6.45) is 3.85. The zero-order valence-electron chi connectivity index (χ0n) is 19.7. The molecule has 196 valence electrons. The molecule has 2 aromatic rings. The van der Waals surface area contributed by atoms with Crippen LogP contribution in [0.1, 0.15) is 51.5 Å². The molecule has 1 saturated carbocycles. The molecular formula is C22H28F2N6O5S. The summed E-state index contributed by atoms with van der Waals surface area (Å²) in [5.74, 6) is -0.564. The van der Waals surface area contributed by atoms with Crippen LogP contribution >= 0.6 is 0 Å². The Morgan fingerprint density at radius 1 is 1.36 bits per heavy atom. The van der Waals surface area contributed by atoms with Gasteiger partial charge in [0.15, 0.2) is 5.75 Å². The summed E-state index contributed by atoms with van der Waals surface area (Å²) in [5, 5.41) is 23.0. The Bertz CT molecular complexity index is 1320. The number of nitrogens with one attached hydrogen (secondary N) is 1. The lowest BCUT2D eigenvalue weighted by molar-refractivity contribution is -0.0513. The molecule has 0 unspecified atom stereocenters. The van der Waals surface area contributed by atoms with E-state index in [9.17, 15) is 27.1 Å². The number of nitriles is 1. The van der Waals surface area contributed by atoms with Crippen molar-refractivity contribution in [2.45, 2.75) is 69.7 Å². The van der Waals surface area contributed by atoms with Crippen LogP contribution in [0.15, 0.2) is 17.1 Å². The maximum absolute atomic E-state index is 13.1. The van der Waals surface area contributed by atoms with Gasteiger partial charge in [0.2, 0.25) is 16.0 Å². The average Bonchev–Trinajstić information content (AvgIpc) is 3.17. The van der Waals surface area contributed by atoms with E-state index in [2.05, 4.69) is 20.0 Å². The number of pyridine rings is 1. The van der Waals surface area contributed by atoms with Crippen LogP contribution in [-0.2, 0) is 10.0 Å². The van der Waals surface area contributed by atoms with Crippen LogP contribution < -0.4 is 15.6 Å². The Labute approximate surface area is 206 Å². The van der Waals surface area contributed by atoms with E-state index >= 15 is 0 Å². The Morgan fingerprint density at radius 3 is 2.69 bits per heavy atom. The fraction of sp³-hybridized carbons (Fsp3) is 0.636. The van der Waals surface area contributed by atoms with E-state index in [0.717, 1.165) is 0 Å². The molecule has 1 aliphatic carbocycles. The summed E-state index contributed by atoms with van der Waals surface area (Å²) in [7, 11) is -3.49. The molecule has 3 heterocycles. The molecule has 2 aromatic heterocycles. The van der Waals surface area contributed by atoms with Gasteiger partial charge in [0.25, 0.3) is 5.56 Å². The number of fused-ring (bicyclic) bond motifs is 1. The minimum Gasteiger partial charge on any atom is -0.429 e. The topological polar surface area (TPSA) is 150 Å². The zero-order valence-corrected chi connectivity index (χ0v) is 20.5. The molecule has 0 spiro atoms. The standard InChI is InChI=1S/C22H28F2N6O5S/c1-22(32)7-2-4-17(22)30-18-14(12-16(19(30)31)35-20(23)24)13-26-21(28-18)27-15-5-9-29(10-6-15)36(33,34)11-3-8-25/h12-13,15,17,20,32H,2-7,9-11H2,1H3,(H,26,27,28)/t17-,22-/m1/s1. The van der Waals surface area contributed by atoms with Gasteiger partial charge in [0.05, 0.1) is 29.9 Å². The summed E-state index contributed by atoms with van der Waals surface area (Å²) >= 11 is 0. The van der Waals surface area contributed by atoms with Gasteiger partial charge in [0.1, 0.15) is 5.65 Å². The highest BCUT2D eigenvalue weighted by molar-refractivity contribution is 7.89. The summed E-state index contributed by atoms with van der Waals surface area (Å²) in [4.78, 5) is 21.9. The number of ether oxygens (including phenoxy) is 1. The van der Waals surface area contributed by atoms with Gasteiger partial charge in [-0.15, -0.1) is 0 Å². The van der Waals surface area contributed by atoms with Gasteiger partial charge < -0.3 is 15.2 Å². The quantitative estimate of drug-likeness (QED) is 0.526. The number of hydrogen-bond donors (Lipinski definition) is 2. The van der Waals surface area contributed by atoms with Crippen molar-refractivity contribution in [2.75, 3.05) is 24.2 Å². The van der Waals surface area contributed by atoms with E-state index in [4.69, 9.17) is 5.26 Å². The third-order valence-corrected chi connectivity index (χ3v) is 8.67. The number of aliphatic hydroxyl groups is 1. The van der Waals surface area contributed by atoms with Gasteiger partial charge >= 0.3 is 6.61 Å². The molecule has 2 N–H and O–H groups in total. The Morgan fingerprint density at radius 2 is 2.08 bits per heavy atom. The number of alkyl halides is 2. The number of piperidine rings is 1. The zero-order chi connectivity index (χ0) is 26.1. The number of aromatic nitrogens is 3. The molecule has 1 saturated heterocycles. The molecule has 11 nitrogen and oxygen atoms in total. The van der Waals surface area contributed by atoms with Crippen LogP contribution in [-0.4, -0.2) is 69.5 Å². The molecule has 0 radical (unpaired) electrons. The van der Waals surface area contributed by atoms with Gasteiger partial charge in [-0.2, -0.15) is 19.0 Å². The first-order valence-electron chi connectivity index (χ1n) is 11.7. The fourth-order valence-electron chi connectivity index (χ4n) is 4.94. The highest BCUT2D eigenvalue weighted by atomic mass is 32.2. The van der Waals surface area contributed by atoms with Crippen molar-refractivity contribution >= 4 is 27.0 Å². The summed E-state index contributed by atoms with van der Waals surface area (Å²) in [5.41, 5.74) is -1.86. The van der Waals surface area contributed by atoms with Crippen molar-refractivity contribution in [1.82, 2.24) is 18.8 Å². The minimum absolute atomic E-state index is 0.0644. The first-order chi connectivity index (χ1) is 17.0. The van der Waals surface area contributed by atoms with Crippen LogP contribution in [0.3, 0.4) is 0 Å². The largest absolute Gasteiger partial charge is 0.429 e. The number of hydrogen-bond acceptors (Lipinski definition) is 9. The Kier molecular flexibility index (Phi) is 7.44. The fourth-order valence-corrected chi connectivity index (χ4v) is 6.31. The molecule has 4 rings (SSSR count). The van der Waals surface area contributed by atoms with E-state index in [-0.39, 0.29) is 42.9 Å². The van der Waals surface area contributed by atoms with Crippen molar-refractivity contribution in [3.05, 3.63) is 22.6 Å². The summed E-state index contributed by atoms with van der Waals surface area (Å²) in [6.45, 7) is -1.03. The Balaban J connectivity index is 1.61. The normalized spacial score (nSPS) is 23.7. The third-order valence-electron chi connectivity index (χ3n) is 6.80. The van der Waals surface area contributed by atoms with Gasteiger partial charge in [-0.25, -0.2) is 17.7 Å². The van der Waals surface area contributed by atoms with E-state index in [0.29, 0.717) is 37.5 Å². The number of halogens is 2. The number of sulfonamides is 1. The number of anilines is 1. The molecule has 0 amide bonds. The van der Waals surface area contributed by atoms with E-state index < -0.39 is 39.6 Å². The van der Waals surface area contributed by atoms with Gasteiger partial charge in [-0.3, -0.25) is 9.36 Å². The Hall–Kier alpha value is -2.89. The highest BCUT2D eigenvalue weighted by Gasteiger charge is 2.40. The number of rotatable bonds is 8. The lowest BCUT2D eigenvalue weighted by Crippen LogP contribution is -2.43. The summed E-state index contributed by atoms with van der Waals surface area (Å²) in [6, 6.07) is 2.19. The van der Waals surface area contributed by atoms with Gasteiger partial charge in [-0.1, -0.05) is 0 Å². The maximum atomic E-state index is 13.1. The molecule has 2 fully saturated rings. The molecule has 2 atom stereocenters. The van der Waals surface area contributed by atoms with Crippen LogP contribution in [0.5, 0.6) is 5.75 Å². The lowest BCUT2D eigenvalue weighted by Gasteiger charge is -2.31. The smallest absolute Gasteiger partial charge is 0.387 e. The van der Waals surface area contributed by atoms with Gasteiger partial charge in [-0.05, 0) is 45.1 Å². The molecule has 2 aliphatic rings. The first kappa shape index (κ1) is 26.2. The predicted octanol–water partition coefficient (Wildman–Crippen LogP) is 1.99. The summed E-state index contributed by atoms with van der Waals surface area (Å²) < 4.78 is 57.5. The van der Waals surface area contributed by atoms with Gasteiger partial charge in [0, 0.05) is 30.7 Å². The van der Waals surface area contributed by atoms with E-state index in [1.54, 1.807) is 6.92 Å². The van der Waals surface area contributed by atoms with Crippen molar-refractivity contribution in [1.29, 1.82) is 5.26 Å². The molecule has 36 heavy (non-hydrogen) atoms. The molecule has 0 bridgehead atoms. The third kappa shape index (κ3) is 5.42. The highest BCUT2D eigenvalue weighted by Crippen LogP contribution is 2.40. The van der Waals surface area contributed by atoms with Crippen molar-refractivity contribution in [2.24, 2.45) is 0 Å². The minimum atomic E-state index is -3.49. The monoisotopic (exact) mass is 526 g/mol. The molecule has 14 heteroatoms. The van der Waals surface area contributed by atoms with E-state index in [1.807, 2.05) is 6.07 Å². The van der Waals surface area contributed by atoms with Crippen molar-refractivity contribution in [3.8, 4) is 11.8 Å².